The van der Waals surface area contributed by atoms with Gasteiger partial charge in [0, 0.05) is 45.4 Å². The highest BCUT2D eigenvalue weighted by molar-refractivity contribution is 5.93. The van der Waals surface area contributed by atoms with Crippen molar-refractivity contribution < 1.29 is 23.9 Å². The Labute approximate surface area is 242 Å². The van der Waals surface area contributed by atoms with Crippen molar-refractivity contribution in [2.24, 2.45) is 17.2 Å². The molecule has 2 aromatic rings. The molecule has 2 aromatic carbocycles. The summed E-state index contributed by atoms with van der Waals surface area (Å²) in [6.45, 7) is 2.68. The average molecular weight is 568 g/mol. The van der Waals surface area contributed by atoms with Crippen molar-refractivity contribution in [1.29, 1.82) is 0 Å². The van der Waals surface area contributed by atoms with Gasteiger partial charge < -0.3 is 36.9 Å². The first-order valence-electron chi connectivity index (χ1n) is 14.5. The highest BCUT2D eigenvalue weighted by Gasteiger charge is 2.26. The number of benzene rings is 2. The van der Waals surface area contributed by atoms with Gasteiger partial charge in [0.05, 0.1) is 31.7 Å². The van der Waals surface area contributed by atoms with E-state index in [2.05, 4.69) is 5.32 Å². The lowest BCUT2D eigenvalue weighted by Gasteiger charge is -2.24. The number of carbonyl (C=O) groups is 3. The smallest absolute Gasteiger partial charge is 0.238 e. The maximum Gasteiger partial charge on any atom is 0.238 e. The molecule has 224 valence electrons. The van der Waals surface area contributed by atoms with Crippen LogP contribution in [0.1, 0.15) is 43.2 Å². The SMILES string of the molecule is NCCN(CCN)C(=O)C[C@H](N)C(=O)N[C@@H](CCc1ccccc1)C(=O)CCc1ccc(OC2CCOCC2)cc1. The molecule has 3 rings (SSSR count). The molecule has 0 bridgehead atoms. The number of rotatable bonds is 17. The Bertz CT molecular complexity index is 1070. The normalized spacial score (nSPS) is 15.1. The van der Waals surface area contributed by atoms with E-state index in [9.17, 15) is 14.4 Å². The first-order valence-corrected chi connectivity index (χ1v) is 14.5. The minimum atomic E-state index is -1.09. The van der Waals surface area contributed by atoms with Gasteiger partial charge in [-0.25, -0.2) is 0 Å². The third-order valence-corrected chi connectivity index (χ3v) is 7.21. The molecule has 0 aliphatic carbocycles. The van der Waals surface area contributed by atoms with Crippen molar-refractivity contribution in [2.45, 2.75) is 63.1 Å². The molecule has 1 heterocycles. The van der Waals surface area contributed by atoms with Crippen LogP contribution in [-0.2, 0) is 32.0 Å². The van der Waals surface area contributed by atoms with Crippen LogP contribution in [0.5, 0.6) is 5.75 Å². The molecule has 1 fully saturated rings. The van der Waals surface area contributed by atoms with Crippen molar-refractivity contribution in [1.82, 2.24) is 10.2 Å². The van der Waals surface area contributed by atoms with Gasteiger partial charge in [0.1, 0.15) is 11.9 Å². The van der Waals surface area contributed by atoms with E-state index in [-0.39, 0.29) is 43.7 Å². The zero-order chi connectivity index (χ0) is 29.5. The standard InChI is InChI=1S/C31H45N5O5/c32-16-18-36(19-17-33)30(38)22-27(34)31(39)35-28(12-8-23-4-2-1-3-5-23)29(37)13-9-24-6-10-25(11-7-24)41-26-14-20-40-21-15-26/h1-7,10-11,26-28H,8-9,12-22,32-34H2,(H,35,39)/t27-,28-/m0/s1. The fourth-order valence-electron chi connectivity index (χ4n) is 4.79. The average Bonchev–Trinajstić information content (AvgIpc) is 2.99. The molecule has 0 radical (unpaired) electrons. The predicted octanol–water partition coefficient (Wildman–Crippen LogP) is 1.33. The monoisotopic (exact) mass is 567 g/mol. The molecule has 0 unspecified atom stereocenters. The van der Waals surface area contributed by atoms with Crippen LogP contribution in [0.3, 0.4) is 0 Å². The summed E-state index contributed by atoms with van der Waals surface area (Å²) in [5.74, 6) is -0.0944. The second-order valence-electron chi connectivity index (χ2n) is 10.4. The minimum absolute atomic E-state index is 0.0803. The Morgan fingerprint density at radius 1 is 0.927 bits per heavy atom. The van der Waals surface area contributed by atoms with Crippen LogP contribution < -0.4 is 27.3 Å². The van der Waals surface area contributed by atoms with Crippen LogP contribution in [-0.4, -0.2) is 80.1 Å². The molecule has 0 spiro atoms. The van der Waals surface area contributed by atoms with E-state index in [1.807, 2.05) is 54.6 Å². The minimum Gasteiger partial charge on any atom is -0.490 e. The van der Waals surface area contributed by atoms with Gasteiger partial charge in [-0.15, -0.1) is 0 Å². The largest absolute Gasteiger partial charge is 0.490 e. The summed E-state index contributed by atoms with van der Waals surface area (Å²) in [4.78, 5) is 40.5. The van der Waals surface area contributed by atoms with Crippen molar-refractivity contribution in [3.63, 3.8) is 0 Å². The number of nitrogens with one attached hydrogen (secondary N) is 1. The number of hydrogen-bond acceptors (Lipinski definition) is 8. The third-order valence-electron chi connectivity index (χ3n) is 7.21. The molecule has 2 amide bonds. The van der Waals surface area contributed by atoms with Gasteiger partial charge in [-0.1, -0.05) is 42.5 Å². The second kappa shape index (κ2) is 17.5. The summed E-state index contributed by atoms with van der Waals surface area (Å²) in [7, 11) is 0. The van der Waals surface area contributed by atoms with Crippen molar-refractivity contribution >= 4 is 17.6 Å². The molecule has 10 nitrogen and oxygen atoms in total. The molecule has 1 saturated heterocycles. The number of nitrogens with zero attached hydrogens (tertiary/aromatic N) is 1. The highest BCUT2D eigenvalue weighted by atomic mass is 16.5. The number of hydrogen-bond donors (Lipinski definition) is 4. The summed E-state index contributed by atoms with van der Waals surface area (Å²) in [6, 6.07) is 15.8. The quantitative estimate of drug-likeness (QED) is 0.222. The van der Waals surface area contributed by atoms with Crippen LogP contribution in [0.2, 0.25) is 0 Å². The summed E-state index contributed by atoms with van der Waals surface area (Å²) in [5, 5.41) is 2.82. The first-order chi connectivity index (χ1) is 19.9. The van der Waals surface area contributed by atoms with Crippen LogP contribution in [0.15, 0.2) is 54.6 Å². The molecule has 0 saturated carbocycles. The van der Waals surface area contributed by atoms with E-state index in [1.54, 1.807) is 0 Å². The lowest BCUT2D eigenvalue weighted by molar-refractivity contribution is -0.135. The molecule has 1 aliphatic rings. The van der Waals surface area contributed by atoms with E-state index < -0.39 is 18.0 Å². The number of ether oxygens (including phenoxy) is 2. The number of amides is 2. The van der Waals surface area contributed by atoms with E-state index in [0.717, 1.165) is 42.9 Å². The highest BCUT2D eigenvalue weighted by Crippen LogP contribution is 2.19. The molecule has 7 N–H and O–H groups in total. The number of ketones is 1. The predicted molar refractivity (Wildman–Crippen MR) is 158 cm³/mol. The van der Waals surface area contributed by atoms with Crippen molar-refractivity contribution in [3.05, 3.63) is 65.7 Å². The maximum atomic E-state index is 13.3. The first kappa shape index (κ1) is 32.2. The molecule has 41 heavy (non-hydrogen) atoms. The Balaban J connectivity index is 1.57. The Kier molecular flexibility index (Phi) is 13.7. The van der Waals surface area contributed by atoms with Crippen LogP contribution in [0.25, 0.3) is 0 Å². The Morgan fingerprint density at radius 2 is 1.56 bits per heavy atom. The zero-order valence-electron chi connectivity index (χ0n) is 23.8. The summed E-state index contributed by atoms with van der Waals surface area (Å²) in [6.07, 6.45) is 3.57. The van der Waals surface area contributed by atoms with Crippen LogP contribution in [0.4, 0.5) is 0 Å². The van der Waals surface area contributed by atoms with E-state index >= 15 is 0 Å². The maximum absolute atomic E-state index is 13.3. The topological polar surface area (TPSA) is 163 Å². The van der Waals surface area contributed by atoms with E-state index in [1.165, 1.54) is 4.90 Å². The van der Waals surface area contributed by atoms with Gasteiger partial charge in [-0.2, -0.15) is 0 Å². The summed E-state index contributed by atoms with van der Waals surface area (Å²) >= 11 is 0. The number of nitrogens with two attached hydrogens (primary N) is 3. The lowest BCUT2D eigenvalue weighted by Crippen LogP contribution is -2.51. The molecular weight excluding hydrogens is 522 g/mol. The Morgan fingerprint density at radius 3 is 2.20 bits per heavy atom. The van der Waals surface area contributed by atoms with E-state index in [0.29, 0.717) is 32.4 Å². The molecule has 10 heteroatoms. The van der Waals surface area contributed by atoms with Gasteiger partial charge in [0.15, 0.2) is 5.78 Å². The second-order valence-corrected chi connectivity index (χ2v) is 10.4. The fourth-order valence-corrected chi connectivity index (χ4v) is 4.79. The molecule has 0 aromatic heterocycles. The zero-order valence-corrected chi connectivity index (χ0v) is 23.8. The number of Topliss-reactive ketones (excluding diaryl/α,β-unsaturated/α-hetero) is 1. The van der Waals surface area contributed by atoms with Crippen molar-refractivity contribution in [3.8, 4) is 5.75 Å². The molecule has 2 atom stereocenters. The molecule has 1 aliphatic heterocycles. The summed E-state index contributed by atoms with van der Waals surface area (Å²) < 4.78 is 11.4. The lowest BCUT2D eigenvalue weighted by atomic mass is 9.97. The van der Waals surface area contributed by atoms with Crippen LogP contribution >= 0.6 is 0 Å². The van der Waals surface area contributed by atoms with Gasteiger partial charge >= 0.3 is 0 Å². The fraction of sp³-hybridized carbons (Fsp3) is 0.516. The third kappa shape index (κ3) is 11.2. The summed E-state index contributed by atoms with van der Waals surface area (Å²) in [5.41, 5.74) is 19.4. The Hall–Kier alpha value is -3.31. The van der Waals surface area contributed by atoms with Crippen molar-refractivity contribution in [2.75, 3.05) is 39.4 Å². The van der Waals surface area contributed by atoms with Crippen LogP contribution in [0, 0.1) is 0 Å². The van der Waals surface area contributed by atoms with E-state index in [4.69, 9.17) is 26.7 Å². The van der Waals surface area contributed by atoms with Gasteiger partial charge in [-0.05, 0) is 42.5 Å². The van der Waals surface area contributed by atoms with Gasteiger partial charge in [0.25, 0.3) is 0 Å². The van der Waals surface area contributed by atoms with Gasteiger partial charge in [0.2, 0.25) is 11.8 Å². The van der Waals surface area contributed by atoms with Gasteiger partial charge in [-0.3, -0.25) is 14.4 Å². The number of carbonyl (C=O) groups excluding carboxylic acids is 3. The number of aryl methyl sites for hydroxylation is 2. The molecular formula is C31H45N5O5.